The number of nitrogens with one attached hydrogen (secondary N) is 1. The summed E-state index contributed by atoms with van der Waals surface area (Å²) < 4.78 is 2.22. The highest BCUT2D eigenvalue weighted by Gasteiger charge is 2.26. The van der Waals surface area contributed by atoms with Crippen LogP contribution in [-0.2, 0) is 11.3 Å². The topological polar surface area (TPSA) is 74.6 Å². The third-order valence-electron chi connectivity index (χ3n) is 4.41. The number of nitrogens with zero attached hydrogens (tertiary/aromatic N) is 2. The Kier molecular flexibility index (Phi) is 5.53. The highest BCUT2D eigenvalue weighted by atomic mass is 16.3. The van der Waals surface area contributed by atoms with Gasteiger partial charge in [0, 0.05) is 35.7 Å². The Morgan fingerprint density at radius 2 is 2.00 bits per heavy atom. The van der Waals surface area contributed by atoms with E-state index in [4.69, 9.17) is 5.11 Å². The maximum atomic E-state index is 12.4. The van der Waals surface area contributed by atoms with E-state index in [1.807, 2.05) is 12.1 Å². The summed E-state index contributed by atoms with van der Waals surface area (Å²) in [5, 5.41) is 11.4. The Bertz CT molecular complexity index is 791. The van der Waals surface area contributed by atoms with Crippen molar-refractivity contribution in [3.8, 4) is 0 Å². The van der Waals surface area contributed by atoms with Crippen LogP contribution in [0.5, 0.6) is 0 Å². The van der Waals surface area contributed by atoms with Gasteiger partial charge in [-0.25, -0.2) is 0 Å². The zero-order chi connectivity index (χ0) is 18.5. The van der Waals surface area contributed by atoms with E-state index < -0.39 is 0 Å². The molecule has 136 valence electrons. The molecule has 1 aliphatic rings. The van der Waals surface area contributed by atoms with Crippen LogP contribution in [0.25, 0.3) is 0 Å². The standard InChI is InChI=1S/C20H23N3O3/c1-2-19(25)23(14-18-4-3-12-22(18)16-9-10-16)17-7-5-15(6-8-17)20(26)21-11-13-24/h2-8,12,16,24H,1,9-11,13-14H2,(H,21,26). The summed E-state index contributed by atoms with van der Waals surface area (Å²) in [6.45, 7) is 4.15. The number of benzene rings is 1. The van der Waals surface area contributed by atoms with Crippen molar-refractivity contribution in [3.05, 3.63) is 66.5 Å². The molecule has 1 saturated carbocycles. The van der Waals surface area contributed by atoms with Crippen molar-refractivity contribution in [1.29, 1.82) is 0 Å². The van der Waals surface area contributed by atoms with Crippen molar-refractivity contribution in [2.45, 2.75) is 25.4 Å². The predicted molar refractivity (Wildman–Crippen MR) is 100.0 cm³/mol. The number of hydrogen-bond donors (Lipinski definition) is 2. The van der Waals surface area contributed by atoms with Gasteiger partial charge < -0.3 is 19.9 Å². The van der Waals surface area contributed by atoms with Crippen molar-refractivity contribution >= 4 is 17.5 Å². The van der Waals surface area contributed by atoms with Gasteiger partial charge in [-0.1, -0.05) is 6.58 Å². The van der Waals surface area contributed by atoms with E-state index in [0.29, 0.717) is 23.8 Å². The molecule has 1 aromatic carbocycles. The SMILES string of the molecule is C=CC(=O)N(Cc1cccn1C1CC1)c1ccc(C(=O)NCCO)cc1. The zero-order valence-corrected chi connectivity index (χ0v) is 14.6. The number of anilines is 1. The van der Waals surface area contributed by atoms with Gasteiger partial charge in [0.2, 0.25) is 0 Å². The second-order valence-corrected chi connectivity index (χ2v) is 6.29. The normalized spacial score (nSPS) is 13.3. The third-order valence-corrected chi connectivity index (χ3v) is 4.41. The van der Waals surface area contributed by atoms with Crippen LogP contribution in [-0.4, -0.2) is 34.6 Å². The number of amides is 2. The first-order valence-corrected chi connectivity index (χ1v) is 8.73. The number of aromatic nitrogens is 1. The van der Waals surface area contributed by atoms with Crippen LogP contribution in [0.15, 0.2) is 55.3 Å². The van der Waals surface area contributed by atoms with Crippen LogP contribution >= 0.6 is 0 Å². The second kappa shape index (κ2) is 8.01. The van der Waals surface area contributed by atoms with E-state index in [1.165, 1.54) is 18.9 Å². The Labute approximate surface area is 152 Å². The van der Waals surface area contributed by atoms with Gasteiger partial charge in [0.15, 0.2) is 0 Å². The Balaban J connectivity index is 1.79. The summed E-state index contributed by atoms with van der Waals surface area (Å²) >= 11 is 0. The summed E-state index contributed by atoms with van der Waals surface area (Å²) in [7, 11) is 0. The minimum Gasteiger partial charge on any atom is -0.395 e. The van der Waals surface area contributed by atoms with Crippen molar-refractivity contribution in [1.82, 2.24) is 9.88 Å². The molecule has 26 heavy (non-hydrogen) atoms. The lowest BCUT2D eigenvalue weighted by molar-refractivity contribution is -0.114. The largest absolute Gasteiger partial charge is 0.395 e. The molecule has 0 bridgehead atoms. The molecule has 6 heteroatoms. The van der Waals surface area contributed by atoms with Gasteiger partial charge in [-0.3, -0.25) is 9.59 Å². The van der Waals surface area contributed by atoms with Crippen LogP contribution in [0.2, 0.25) is 0 Å². The van der Waals surface area contributed by atoms with Crippen molar-refractivity contribution in [3.63, 3.8) is 0 Å². The van der Waals surface area contributed by atoms with E-state index in [2.05, 4.69) is 22.7 Å². The quantitative estimate of drug-likeness (QED) is 0.715. The molecule has 0 spiro atoms. The molecule has 1 aliphatic carbocycles. The lowest BCUT2D eigenvalue weighted by Crippen LogP contribution is -2.30. The summed E-state index contributed by atoms with van der Waals surface area (Å²) in [5.74, 6) is -0.444. The first-order valence-electron chi connectivity index (χ1n) is 8.73. The molecule has 6 nitrogen and oxygen atoms in total. The minimum absolute atomic E-state index is 0.105. The number of carbonyl (C=O) groups is 2. The van der Waals surface area contributed by atoms with Crippen LogP contribution < -0.4 is 10.2 Å². The lowest BCUT2D eigenvalue weighted by Gasteiger charge is -2.22. The number of carbonyl (C=O) groups excluding carboxylic acids is 2. The molecule has 2 amide bonds. The minimum atomic E-state index is -0.255. The predicted octanol–water partition coefficient (Wildman–Crippen LogP) is 2.26. The molecule has 0 radical (unpaired) electrons. The number of aliphatic hydroxyl groups excluding tert-OH is 1. The molecule has 0 saturated heterocycles. The van der Waals surface area contributed by atoms with Crippen LogP contribution in [0.3, 0.4) is 0 Å². The van der Waals surface area contributed by atoms with Crippen molar-refractivity contribution in [2.24, 2.45) is 0 Å². The van der Waals surface area contributed by atoms with E-state index >= 15 is 0 Å². The maximum absolute atomic E-state index is 12.4. The van der Waals surface area contributed by atoms with Crippen LogP contribution in [0, 0.1) is 0 Å². The van der Waals surface area contributed by atoms with Crippen LogP contribution in [0.4, 0.5) is 5.69 Å². The second-order valence-electron chi connectivity index (χ2n) is 6.29. The van der Waals surface area contributed by atoms with Crippen molar-refractivity contribution < 1.29 is 14.7 Å². The number of rotatable bonds is 8. The van der Waals surface area contributed by atoms with E-state index in [0.717, 1.165) is 5.69 Å². The lowest BCUT2D eigenvalue weighted by atomic mass is 10.1. The van der Waals surface area contributed by atoms with E-state index in [-0.39, 0.29) is 25.0 Å². The molecule has 1 aromatic heterocycles. The smallest absolute Gasteiger partial charge is 0.251 e. The van der Waals surface area contributed by atoms with Gasteiger partial charge in [-0.2, -0.15) is 0 Å². The molecule has 1 heterocycles. The fourth-order valence-electron chi connectivity index (χ4n) is 2.90. The maximum Gasteiger partial charge on any atom is 0.251 e. The molecule has 2 N–H and O–H groups in total. The van der Waals surface area contributed by atoms with Gasteiger partial charge in [0.1, 0.15) is 0 Å². The fraction of sp³-hybridized carbons (Fsp3) is 0.300. The summed E-state index contributed by atoms with van der Waals surface area (Å²) in [5.41, 5.74) is 2.26. The molecule has 1 fully saturated rings. The summed E-state index contributed by atoms with van der Waals surface area (Å²) in [6, 6.07) is 11.4. The number of hydrogen-bond acceptors (Lipinski definition) is 3. The Hall–Kier alpha value is -2.86. The van der Waals surface area contributed by atoms with Gasteiger partial charge in [-0.05, 0) is 55.3 Å². The molecule has 0 unspecified atom stereocenters. The van der Waals surface area contributed by atoms with E-state index in [1.54, 1.807) is 29.2 Å². The molecule has 0 atom stereocenters. The monoisotopic (exact) mass is 353 g/mol. The van der Waals surface area contributed by atoms with Gasteiger partial charge in [0.05, 0.1) is 13.2 Å². The zero-order valence-electron chi connectivity index (χ0n) is 14.6. The van der Waals surface area contributed by atoms with Gasteiger partial charge in [-0.15, -0.1) is 0 Å². The van der Waals surface area contributed by atoms with E-state index in [9.17, 15) is 9.59 Å². The first kappa shape index (κ1) is 17.9. The molecular formula is C20H23N3O3. The fourth-order valence-corrected chi connectivity index (χ4v) is 2.90. The summed E-state index contributed by atoms with van der Waals surface area (Å²) in [4.78, 5) is 26.0. The average molecular weight is 353 g/mol. The molecule has 0 aliphatic heterocycles. The van der Waals surface area contributed by atoms with Crippen LogP contribution in [0.1, 0.15) is 34.9 Å². The average Bonchev–Trinajstić information content (AvgIpc) is 3.42. The third kappa shape index (κ3) is 4.03. The highest BCUT2D eigenvalue weighted by molar-refractivity contribution is 6.01. The van der Waals surface area contributed by atoms with Gasteiger partial charge >= 0.3 is 0 Å². The van der Waals surface area contributed by atoms with Crippen molar-refractivity contribution in [2.75, 3.05) is 18.1 Å². The molecule has 3 rings (SSSR count). The Morgan fingerprint density at radius 3 is 2.62 bits per heavy atom. The van der Waals surface area contributed by atoms with Gasteiger partial charge in [0.25, 0.3) is 11.8 Å². The molecular weight excluding hydrogens is 330 g/mol. The summed E-state index contributed by atoms with van der Waals surface area (Å²) in [6.07, 6.45) is 5.70. The molecule has 2 aromatic rings. The highest BCUT2D eigenvalue weighted by Crippen LogP contribution is 2.36. The first-order chi connectivity index (χ1) is 12.6. The number of aliphatic hydroxyl groups is 1. The Morgan fingerprint density at radius 1 is 1.27 bits per heavy atom.